The zero-order valence-corrected chi connectivity index (χ0v) is 43.9. The van der Waals surface area contributed by atoms with E-state index in [-0.39, 0.29) is 30.6 Å². The van der Waals surface area contributed by atoms with Crippen LogP contribution in [0.3, 0.4) is 0 Å². The van der Waals surface area contributed by atoms with Crippen LogP contribution in [0.2, 0.25) is 0 Å². The predicted octanol–water partition coefficient (Wildman–Crippen LogP) is 4.65. The molecule has 16 atom stereocenters. The first-order chi connectivity index (χ1) is 34.0. The average molecular weight is 1020 g/mol. The lowest BCUT2D eigenvalue weighted by Gasteiger charge is -2.45. The lowest BCUT2D eigenvalue weighted by molar-refractivity contribution is -0.265. The van der Waals surface area contributed by atoms with E-state index >= 15 is 0 Å². The number of methoxy groups -OCH3 is 2. The third-order valence-electron chi connectivity index (χ3n) is 15.9. The maximum atomic E-state index is 14.5. The molecule has 1 saturated carbocycles. The number of aliphatic hydroxyl groups excluding tert-OH is 5. The Morgan fingerprint density at radius 2 is 1.54 bits per heavy atom. The molecule has 3 aliphatic heterocycles. The van der Waals surface area contributed by atoms with Gasteiger partial charge in [0, 0.05) is 44.9 Å². The SMILES string of the molecule is CO[C@H]1CC2CC[C@@H](C)[C@@](O)(O2)C(=O)C(=O)N2CCCC([C@H]2C(=O)O)[C@H](C[C@@H]2CC[C@@H](OC(=O)C(C)(CO)CO)[C@H](OC)C2)/C=C/C(O)[C@H](C)/C=C(\C)[C@@H](O)[C@@H](CO)C(=O)[C@H](C)C[C@H](C)/C=C/C=C/C=C/1C. The zero-order valence-electron chi connectivity index (χ0n) is 43.9. The zero-order chi connectivity index (χ0) is 53.7. The van der Waals surface area contributed by atoms with Gasteiger partial charge in [0.2, 0.25) is 5.79 Å². The number of nitrogens with zero attached hydrogens (tertiary/aromatic N) is 1. The van der Waals surface area contributed by atoms with Crippen LogP contribution in [0.5, 0.6) is 0 Å². The molecule has 0 aromatic carbocycles. The standard InChI is InChI=1S/C55H85NO16/c1-32-14-11-10-12-15-33(2)45(69-8)28-40-20-17-37(6)55(68,72-40)50(63)51(64)56-23-13-16-41(47(56)52(65)66)39(26-38-18-22-44(46(27-38)70-9)71-53(67)54(7,30-58)31-59)19-21-43(60)34(3)25-36(5)49(62)42(29-57)48(61)35(4)24-32/h10-12,14-15,19,21,25,32,34-35,37-47,49,57-60,62,68H,13,16-18,20,22-24,26-31H2,1-9H3,(H,65,66)/b12-10+,14-11+,21-19+,33-15+,36-25+/t32-,34-,35-,37-,38+,39+,40?,41?,42+,43?,44-,45+,46-,47+,49-,55-/m1/s1. The molecule has 2 saturated heterocycles. The average Bonchev–Trinajstić information content (AvgIpc) is 3.36. The van der Waals surface area contributed by atoms with Crippen LogP contribution in [0.25, 0.3) is 0 Å². The molecular weight excluding hydrogens is 931 g/mol. The van der Waals surface area contributed by atoms with Crippen molar-refractivity contribution in [1.82, 2.24) is 4.90 Å². The molecule has 17 nitrogen and oxygen atoms in total. The van der Waals surface area contributed by atoms with Gasteiger partial charge in [-0.2, -0.15) is 0 Å². The number of allylic oxidation sites excluding steroid dienone is 6. The summed E-state index contributed by atoms with van der Waals surface area (Å²) in [6.45, 7) is 10.1. The van der Waals surface area contributed by atoms with Crippen LogP contribution in [0.4, 0.5) is 0 Å². The van der Waals surface area contributed by atoms with Crippen molar-refractivity contribution >= 4 is 29.4 Å². The van der Waals surface area contributed by atoms with Gasteiger partial charge in [-0.3, -0.25) is 19.2 Å². The number of carboxylic acid groups (broad SMARTS) is 1. The van der Waals surface area contributed by atoms with Gasteiger partial charge in [0.05, 0.1) is 56.3 Å². The minimum absolute atomic E-state index is 0.0237. The number of ether oxygens (including phenoxy) is 4. The molecule has 72 heavy (non-hydrogen) atoms. The van der Waals surface area contributed by atoms with Crippen molar-refractivity contribution in [2.75, 3.05) is 40.6 Å². The van der Waals surface area contributed by atoms with Gasteiger partial charge in [-0.1, -0.05) is 76.3 Å². The van der Waals surface area contributed by atoms with Gasteiger partial charge >= 0.3 is 11.9 Å². The molecule has 0 radical (unpaired) electrons. The lowest BCUT2D eigenvalue weighted by Crippen LogP contribution is -2.62. The van der Waals surface area contributed by atoms with E-state index in [0.717, 1.165) is 10.5 Å². The molecule has 17 heteroatoms. The Morgan fingerprint density at radius 1 is 0.847 bits per heavy atom. The maximum Gasteiger partial charge on any atom is 0.326 e. The molecule has 1 amide bonds. The van der Waals surface area contributed by atoms with E-state index < -0.39 is 133 Å². The van der Waals surface area contributed by atoms with Crippen molar-refractivity contribution < 1.29 is 78.7 Å². The third kappa shape index (κ3) is 15.1. The second kappa shape index (κ2) is 27.6. The monoisotopic (exact) mass is 1020 g/mol. The summed E-state index contributed by atoms with van der Waals surface area (Å²) in [6.07, 6.45) is 13.0. The van der Waals surface area contributed by atoms with Crippen molar-refractivity contribution in [3.05, 3.63) is 59.8 Å². The largest absolute Gasteiger partial charge is 0.480 e. The summed E-state index contributed by atoms with van der Waals surface area (Å²) < 4.78 is 23.6. The molecule has 0 aromatic heterocycles. The van der Waals surface area contributed by atoms with E-state index in [1.807, 2.05) is 44.2 Å². The summed E-state index contributed by atoms with van der Waals surface area (Å²) in [4.78, 5) is 70.2. The quantitative estimate of drug-likeness (QED) is 0.0892. The molecule has 7 N–H and O–H groups in total. The first-order valence-corrected chi connectivity index (χ1v) is 25.9. The second-order valence-corrected chi connectivity index (χ2v) is 21.5. The highest BCUT2D eigenvalue weighted by molar-refractivity contribution is 6.39. The molecule has 3 unspecified atom stereocenters. The Bertz CT molecular complexity index is 1990. The molecular formula is C55H85NO16. The molecule has 0 aromatic rings. The lowest BCUT2D eigenvalue weighted by atomic mass is 9.71. The Balaban J connectivity index is 1.77. The number of ketones is 2. The fraction of sp³-hybridized carbons (Fsp3) is 0.727. The van der Waals surface area contributed by atoms with E-state index in [4.69, 9.17) is 18.9 Å². The summed E-state index contributed by atoms with van der Waals surface area (Å²) >= 11 is 0. The molecule has 4 rings (SSSR count). The number of amides is 1. The fourth-order valence-corrected chi connectivity index (χ4v) is 11.0. The third-order valence-corrected chi connectivity index (χ3v) is 15.9. The Morgan fingerprint density at radius 3 is 2.17 bits per heavy atom. The summed E-state index contributed by atoms with van der Waals surface area (Å²) in [7, 11) is 3.02. The number of rotatable bonds is 10. The predicted molar refractivity (Wildman–Crippen MR) is 268 cm³/mol. The van der Waals surface area contributed by atoms with Gasteiger partial charge < -0.3 is 59.6 Å². The number of hydrogen-bond donors (Lipinski definition) is 7. The summed E-state index contributed by atoms with van der Waals surface area (Å²) in [5.41, 5.74) is -0.323. The minimum atomic E-state index is -2.55. The highest BCUT2D eigenvalue weighted by Gasteiger charge is 2.54. The molecule has 0 spiro atoms. The van der Waals surface area contributed by atoms with Crippen molar-refractivity contribution in [2.45, 2.75) is 161 Å². The first kappa shape index (κ1) is 60.6. The van der Waals surface area contributed by atoms with Gasteiger partial charge in [0.25, 0.3) is 11.7 Å². The van der Waals surface area contributed by atoms with Crippen LogP contribution in [0, 0.1) is 52.8 Å². The summed E-state index contributed by atoms with van der Waals surface area (Å²) in [5.74, 6) is -12.0. The van der Waals surface area contributed by atoms with Crippen LogP contribution in [-0.4, -0.2) is 159 Å². The van der Waals surface area contributed by atoms with Crippen molar-refractivity contribution in [3.63, 3.8) is 0 Å². The summed E-state index contributed by atoms with van der Waals surface area (Å²) in [6, 6.07) is -1.52. The molecule has 3 fully saturated rings. The highest BCUT2D eigenvalue weighted by atomic mass is 16.6. The van der Waals surface area contributed by atoms with E-state index in [2.05, 4.69) is 0 Å². The number of carboxylic acids is 1. The van der Waals surface area contributed by atoms with Gasteiger partial charge in [-0.15, -0.1) is 0 Å². The van der Waals surface area contributed by atoms with E-state index in [9.17, 15) is 59.7 Å². The molecule has 406 valence electrons. The van der Waals surface area contributed by atoms with Gasteiger partial charge in [-0.25, -0.2) is 4.79 Å². The van der Waals surface area contributed by atoms with Crippen molar-refractivity contribution in [2.24, 2.45) is 52.8 Å². The van der Waals surface area contributed by atoms with Crippen LogP contribution in [-0.2, 0) is 42.9 Å². The Labute approximate surface area is 426 Å². The van der Waals surface area contributed by atoms with E-state index in [1.54, 1.807) is 53.0 Å². The van der Waals surface area contributed by atoms with Crippen LogP contribution < -0.4 is 0 Å². The van der Waals surface area contributed by atoms with Gasteiger partial charge in [0.1, 0.15) is 23.3 Å². The molecule has 4 aliphatic rings. The highest BCUT2D eigenvalue weighted by Crippen LogP contribution is 2.42. The number of piperidine rings is 1. The molecule has 4 bridgehead atoms. The van der Waals surface area contributed by atoms with Crippen LogP contribution >= 0.6 is 0 Å². The maximum absolute atomic E-state index is 14.5. The van der Waals surface area contributed by atoms with Crippen molar-refractivity contribution in [1.29, 1.82) is 0 Å². The van der Waals surface area contributed by atoms with E-state index in [1.165, 1.54) is 14.0 Å². The smallest absolute Gasteiger partial charge is 0.326 e. The minimum Gasteiger partial charge on any atom is -0.480 e. The van der Waals surface area contributed by atoms with Crippen molar-refractivity contribution in [3.8, 4) is 0 Å². The molecule has 1 aliphatic carbocycles. The summed E-state index contributed by atoms with van der Waals surface area (Å²) in [5, 5.41) is 76.2. The Hall–Kier alpha value is -3.91. The number of Topliss-reactive ketones (excluding diaryl/α,β-unsaturated/α-hetero) is 2. The molecule has 3 heterocycles. The van der Waals surface area contributed by atoms with Gasteiger partial charge in [-0.05, 0) is 113 Å². The van der Waals surface area contributed by atoms with Gasteiger partial charge in [0.15, 0.2) is 0 Å². The number of carbonyl (C=O) groups is 5. The number of aliphatic carboxylic acids is 1. The van der Waals surface area contributed by atoms with Crippen LogP contribution in [0.1, 0.15) is 113 Å². The van der Waals surface area contributed by atoms with Crippen LogP contribution in [0.15, 0.2) is 59.8 Å². The second-order valence-electron chi connectivity index (χ2n) is 21.5. The van der Waals surface area contributed by atoms with E-state index in [0.29, 0.717) is 63.4 Å². The number of esters is 1. The number of aliphatic hydroxyl groups is 6. The number of hydrogen-bond acceptors (Lipinski definition) is 15. The number of carbonyl (C=O) groups excluding carboxylic acids is 4. The normalized spacial score (nSPS) is 39.5. The first-order valence-electron chi connectivity index (χ1n) is 25.9. The Kier molecular flexibility index (Phi) is 23.2. The number of fused-ring (bicyclic) bond motifs is 4. The fourth-order valence-electron chi connectivity index (χ4n) is 11.0. The topological polar surface area (TPSA) is 267 Å².